The van der Waals surface area contributed by atoms with Crippen LogP contribution in [0.1, 0.15) is 109 Å². The SMILES string of the molecule is C=C(C[Si](C)(C)C)[C@@H](OCc1ccccc1)[C@@H](OCc1ccccc1)[C@@H](CCCCCCCCCC[C@H](C)O[Si](c1ccccc1)(c1ccccc1)C(C)(C)C)OCc1ccccc1. The molecule has 0 N–H and O–H groups in total. The Morgan fingerprint density at radius 1 is 0.500 bits per heavy atom. The molecule has 0 aliphatic heterocycles. The van der Waals surface area contributed by atoms with Crippen molar-refractivity contribution in [3.63, 3.8) is 0 Å². The Bertz CT molecular complexity index is 1960. The van der Waals surface area contributed by atoms with Gasteiger partial charge in [-0.05, 0) is 63.5 Å². The van der Waals surface area contributed by atoms with Crippen LogP contribution in [0, 0.1) is 0 Å². The van der Waals surface area contributed by atoms with Crippen LogP contribution in [0.5, 0.6) is 0 Å². The number of unbranched alkanes of at least 4 members (excludes halogenated alkanes) is 7. The first kappa shape index (κ1) is 51.1. The van der Waals surface area contributed by atoms with Crippen molar-refractivity contribution in [2.24, 2.45) is 0 Å². The summed E-state index contributed by atoms with van der Waals surface area (Å²) >= 11 is 0. The summed E-state index contributed by atoms with van der Waals surface area (Å²) in [6.45, 7) is 22.9. The van der Waals surface area contributed by atoms with Crippen molar-refractivity contribution < 1.29 is 18.6 Å². The first-order valence-electron chi connectivity index (χ1n) is 24.3. The summed E-state index contributed by atoms with van der Waals surface area (Å²) in [5.41, 5.74) is 4.58. The topological polar surface area (TPSA) is 36.9 Å². The summed E-state index contributed by atoms with van der Waals surface area (Å²) in [5, 5.41) is 2.70. The van der Waals surface area contributed by atoms with Crippen molar-refractivity contribution in [2.45, 2.75) is 167 Å². The molecule has 5 rings (SSSR count). The van der Waals surface area contributed by atoms with Crippen molar-refractivity contribution in [2.75, 3.05) is 0 Å². The molecule has 0 saturated carbocycles. The Kier molecular flexibility index (Phi) is 21.0. The lowest BCUT2D eigenvalue weighted by Gasteiger charge is -2.44. The molecule has 0 saturated heterocycles. The second kappa shape index (κ2) is 26.3. The quantitative estimate of drug-likeness (QED) is 0.0272. The highest BCUT2D eigenvalue weighted by molar-refractivity contribution is 6.99. The van der Waals surface area contributed by atoms with Gasteiger partial charge in [0.2, 0.25) is 0 Å². The average molecular weight is 897 g/mol. The van der Waals surface area contributed by atoms with Crippen molar-refractivity contribution >= 4 is 26.8 Å². The molecule has 344 valence electrons. The minimum Gasteiger partial charge on any atom is -0.405 e. The van der Waals surface area contributed by atoms with Crippen LogP contribution >= 0.6 is 0 Å². The molecule has 0 bridgehead atoms. The number of rotatable bonds is 29. The van der Waals surface area contributed by atoms with E-state index in [1.807, 2.05) is 0 Å². The first-order chi connectivity index (χ1) is 30.9. The molecular weight excluding hydrogens is 817 g/mol. The molecule has 6 heteroatoms. The van der Waals surface area contributed by atoms with E-state index in [0.717, 1.165) is 42.0 Å². The fourth-order valence-electron chi connectivity index (χ4n) is 9.15. The van der Waals surface area contributed by atoms with Gasteiger partial charge in [0.25, 0.3) is 8.32 Å². The minimum atomic E-state index is -2.53. The molecule has 0 fully saturated rings. The third-order valence-corrected chi connectivity index (χ3v) is 19.0. The van der Waals surface area contributed by atoms with E-state index in [1.54, 1.807) is 0 Å². The second-order valence-corrected chi connectivity index (χ2v) is 29.9. The summed E-state index contributed by atoms with van der Waals surface area (Å²) < 4.78 is 28.2. The van der Waals surface area contributed by atoms with Crippen LogP contribution in [0.25, 0.3) is 0 Å². The summed E-state index contributed by atoms with van der Waals surface area (Å²) in [6.07, 6.45) is 11.1. The number of hydrogen-bond donors (Lipinski definition) is 0. The van der Waals surface area contributed by atoms with E-state index < -0.39 is 16.4 Å². The molecule has 0 amide bonds. The minimum absolute atomic E-state index is 0.00575. The van der Waals surface area contributed by atoms with Crippen molar-refractivity contribution in [3.05, 3.63) is 181 Å². The molecule has 0 heterocycles. The van der Waals surface area contributed by atoms with Crippen LogP contribution in [0.2, 0.25) is 30.7 Å². The van der Waals surface area contributed by atoms with E-state index in [2.05, 4.69) is 199 Å². The van der Waals surface area contributed by atoms with Gasteiger partial charge in [-0.2, -0.15) is 0 Å². The smallest absolute Gasteiger partial charge is 0.261 e. The molecule has 4 atom stereocenters. The summed E-state index contributed by atoms with van der Waals surface area (Å²) in [6, 6.07) is 54.5. The van der Waals surface area contributed by atoms with Gasteiger partial charge in [-0.15, -0.1) is 0 Å². The Morgan fingerprint density at radius 2 is 0.875 bits per heavy atom. The summed E-state index contributed by atoms with van der Waals surface area (Å²) in [7, 11) is -4.04. The van der Waals surface area contributed by atoms with Gasteiger partial charge in [0.1, 0.15) is 12.2 Å². The molecule has 0 radical (unpaired) electrons. The van der Waals surface area contributed by atoms with Crippen LogP contribution < -0.4 is 10.4 Å². The van der Waals surface area contributed by atoms with E-state index in [4.69, 9.17) is 25.2 Å². The molecule has 0 aliphatic carbocycles. The maximum absolute atomic E-state index is 7.35. The van der Waals surface area contributed by atoms with Gasteiger partial charge in [0, 0.05) is 14.2 Å². The zero-order chi connectivity index (χ0) is 45.7. The second-order valence-electron chi connectivity index (χ2n) is 20.2. The van der Waals surface area contributed by atoms with Crippen molar-refractivity contribution in [1.82, 2.24) is 0 Å². The van der Waals surface area contributed by atoms with E-state index in [1.165, 1.54) is 60.9 Å². The summed E-state index contributed by atoms with van der Waals surface area (Å²) in [5.74, 6) is 0. The van der Waals surface area contributed by atoms with Gasteiger partial charge in [0.15, 0.2) is 0 Å². The van der Waals surface area contributed by atoms with Crippen molar-refractivity contribution in [1.29, 1.82) is 0 Å². The van der Waals surface area contributed by atoms with Gasteiger partial charge in [-0.25, -0.2) is 0 Å². The predicted octanol–water partition coefficient (Wildman–Crippen LogP) is 14.5. The van der Waals surface area contributed by atoms with Gasteiger partial charge >= 0.3 is 0 Å². The normalized spacial score (nSPS) is 14.2. The number of benzene rings is 5. The highest BCUT2D eigenvalue weighted by atomic mass is 28.4. The molecule has 0 unspecified atom stereocenters. The third-order valence-electron chi connectivity index (χ3n) is 12.3. The molecule has 0 spiro atoms. The number of hydrogen-bond acceptors (Lipinski definition) is 4. The average Bonchev–Trinajstić information content (AvgIpc) is 3.29. The third kappa shape index (κ3) is 16.5. The fraction of sp³-hybridized carbons (Fsp3) is 0.448. The molecule has 5 aromatic carbocycles. The monoisotopic (exact) mass is 897 g/mol. The van der Waals surface area contributed by atoms with Crippen LogP contribution in [0.3, 0.4) is 0 Å². The molecule has 4 nitrogen and oxygen atoms in total. The summed E-state index contributed by atoms with van der Waals surface area (Å²) in [4.78, 5) is 0. The zero-order valence-corrected chi connectivity index (χ0v) is 42.5. The Labute approximate surface area is 391 Å². The highest BCUT2D eigenvalue weighted by Crippen LogP contribution is 2.38. The lowest BCUT2D eigenvalue weighted by atomic mass is 9.96. The van der Waals surface area contributed by atoms with E-state index in [0.29, 0.717) is 19.8 Å². The highest BCUT2D eigenvalue weighted by Gasteiger charge is 2.51. The predicted molar refractivity (Wildman–Crippen MR) is 277 cm³/mol. The van der Waals surface area contributed by atoms with Crippen LogP contribution in [0.4, 0.5) is 0 Å². The lowest BCUT2D eigenvalue weighted by Crippen LogP contribution is -2.67. The Morgan fingerprint density at radius 3 is 1.30 bits per heavy atom. The van der Waals surface area contributed by atoms with Gasteiger partial charge < -0.3 is 18.6 Å². The maximum atomic E-state index is 7.35. The van der Waals surface area contributed by atoms with Crippen molar-refractivity contribution in [3.8, 4) is 0 Å². The van der Waals surface area contributed by atoms with E-state index >= 15 is 0 Å². The van der Waals surface area contributed by atoms with E-state index in [9.17, 15) is 0 Å². The molecule has 0 aliphatic rings. The standard InChI is InChI=1S/C58H80O4Si2/c1-48(47-63(6,7)8)56(60-45-51-35-23-16-24-36-51)57(61-46-52-37-25-17-26-38-52)55(59-44-50-33-21-15-22-34-50)43-31-14-12-10-9-11-13-20-32-49(2)62-64(58(3,4)5,53-39-27-18-28-40-53)54-41-29-19-30-42-54/h15-19,21-30,33-42,49,55-57H,1,9-14,20,31-32,43-47H2,2-8H3/t49-,55+,56+,57-/m0/s1. The maximum Gasteiger partial charge on any atom is 0.261 e. The van der Waals surface area contributed by atoms with Gasteiger partial charge in [0.05, 0.1) is 25.9 Å². The van der Waals surface area contributed by atoms with Crippen LogP contribution in [-0.2, 0) is 38.5 Å². The zero-order valence-electron chi connectivity index (χ0n) is 40.5. The molecule has 5 aromatic rings. The number of ether oxygens (including phenoxy) is 3. The van der Waals surface area contributed by atoms with Gasteiger partial charge in [-0.3, -0.25) is 0 Å². The first-order valence-corrected chi connectivity index (χ1v) is 29.9. The Hall–Kier alpha value is -3.89. The Balaban J connectivity index is 1.18. The van der Waals surface area contributed by atoms with Crippen LogP contribution in [0.15, 0.2) is 164 Å². The molecular formula is C58H80O4Si2. The lowest BCUT2D eigenvalue weighted by molar-refractivity contribution is -0.143. The fourth-order valence-corrected chi connectivity index (χ4v) is 15.5. The largest absolute Gasteiger partial charge is 0.405 e. The van der Waals surface area contributed by atoms with Gasteiger partial charge in [-0.1, -0.05) is 250 Å². The molecule has 64 heavy (non-hydrogen) atoms. The van der Waals surface area contributed by atoms with Crippen LogP contribution in [-0.4, -0.2) is 40.8 Å². The molecule has 0 aromatic heterocycles. The van der Waals surface area contributed by atoms with E-state index in [-0.39, 0.29) is 29.5 Å².